The molecule has 1 rings (SSSR count). The summed E-state index contributed by atoms with van der Waals surface area (Å²) in [6.07, 6.45) is 6.43. The van der Waals surface area contributed by atoms with Crippen LogP contribution < -0.4 is 5.32 Å². The van der Waals surface area contributed by atoms with Crippen LogP contribution in [0.1, 0.15) is 38.5 Å². The van der Waals surface area contributed by atoms with E-state index in [1.54, 1.807) is 6.08 Å². The molecule has 2 N–H and O–H groups in total. The summed E-state index contributed by atoms with van der Waals surface area (Å²) in [5, 5.41) is 11.4. The van der Waals surface area contributed by atoms with Crippen LogP contribution >= 0.6 is 0 Å². The number of aliphatic carboxylic acids is 1. The molecular weight excluding hydrogens is 206 g/mol. The van der Waals surface area contributed by atoms with E-state index in [0.717, 1.165) is 6.42 Å². The van der Waals surface area contributed by atoms with Gasteiger partial charge in [-0.05, 0) is 25.2 Å². The lowest BCUT2D eigenvalue weighted by atomic mass is 10.1. The topological polar surface area (TPSA) is 66.4 Å². The van der Waals surface area contributed by atoms with E-state index < -0.39 is 12.0 Å². The van der Waals surface area contributed by atoms with Crippen LogP contribution in [-0.2, 0) is 9.59 Å². The smallest absolute Gasteiger partial charge is 0.326 e. The first-order chi connectivity index (χ1) is 7.63. The molecule has 0 bridgehead atoms. The standard InChI is InChI=1S/C12H19NO3/c1-2-3-4-10(12(15)16)13-11(14)8-7-9-5-6-9/h2,9-10H,1,3-8H2,(H,13,14)(H,15,16). The largest absolute Gasteiger partial charge is 0.480 e. The van der Waals surface area contributed by atoms with E-state index in [4.69, 9.17) is 5.11 Å². The van der Waals surface area contributed by atoms with Gasteiger partial charge in [-0.3, -0.25) is 4.79 Å². The third kappa shape index (κ3) is 4.96. The minimum Gasteiger partial charge on any atom is -0.480 e. The minimum atomic E-state index is -0.971. The lowest BCUT2D eigenvalue weighted by molar-refractivity contribution is -0.142. The SMILES string of the molecule is C=CCCC(NC(=O)CCC1CC1)C(=O)O. The summed E-state index contributed by atoms with van der Waals surface area (Å²) in [5.74, 6) is -0.424. The van der Waals surface area contributed by atoms with Gasteiger partial charge in [-0.2, -0.15) is 0 Å². The fourth-order valence-corrected chi connectivity index (χ4v) is 1.55. The number of allylic oxidation sites excluding steroid dienone is 1. The Hall–Kier alpha value is -1.32. The van der Waals surface area contributed by atoms with E-state index in [9.17, 15) is 9.59 Å². The van der Waals surface area contributed by atoms with Gasteiger partial charge < -0.3 is 10.4 Å². The first-order valence-corrected chi connectivity index (χ1v) is 5.76. The molecule has 4 nitrogen and oxygen atoms in total. The van der Waals surface area contributed by atoms with Gasteiger partial charge in [0.2, 0.25) is 5.91 Å². The molecule has 0 saturated heterocycles. The Morgan fingerprint density at radius 2 is 2.19 bits per heavy atom. The van der Waals surface area contributed by atoms with Crippen molar-refractivity contribution in [2.24, 2.45) is 5.92 Å². The quantitative estimate of drug-likeness (QED) is 0.618. The predicted octanol–water partition coefficient (Wildman–Crippen LogP) is 1.71. The number of carbonyl (C=O) groups is 2. The molecule has 1 atom stereocenters. The van der Waals surface area contributed by atoms with Gasteiger partial charge in [-0.15, -0.1) is 6.58 Å². The maximum Gasteiger partial charge on any atom is 0.326 e. The Kier molecular flexibility index (Phi) is 5.02. The van der Waals surface area contributed by atoms with E-state index in [2.05, 4.69) is 11.9 Å². The predicted molar refractivity (Wildman–Crippen MR) is 61.0 cm³/mol. The molecule has 0 aromatic heterocycles. The first-order valence-electron chi connectivity index (χ1n) is 5.76. The summed E-state index contributed by atoms with van der Waals surface area (Å²) in [4.78, 5) is 22.3. The number of hydrogen-bond donors (Lipinski definition) is 2. The highest BCUT2D eigenvalue weighted by Crippen LogP contribution is 2.33. The molecule has 1 saturated carbocycles. The van der Waals surface area contributed by atoms with Crippen molar-refractivity contribution < 1.29 is 14.7 Å². The summed E-state index contributed by atoms with van der Waals surface area (Å²) >= 11 is 0. The zero-order valence-electron chi connectivity index (χ0n) is 9.45. The molecule has 1 aliphatic rings. The van der Waals surface area contributed by atoms with Crippen molar-refractivity contribution in [3.8, 4) is 0 Å². The van der Waals surface area contributed by atoms with Crippen LogP contribution in [0.4, 0.5) is 0 Å². The van der Waals surface area contributed by atoms with E-state index in [1.807, 2.05) is 0 Å². The molecule has 1 aliphatic carbocycles. The molecule has 1 unspecified atom stereocenters. The van der Waals surface area contributed by atoms with Gasteiger partial charge in [0.1, 0.15) is 6.04 Å². The molecule has 1 fully saturated rings. The molecule has 0 aromatic carbocycles. The monoisotopic (exact) mass is 225 g/mol. The summed E-state index contributed by atoms with van der Waals surface area (Å²) < 4.78 is 0. The molecule has 4 heteroatoms. The zero-order chi connectivity index (χ0) is 12.0. The second-order valence-electron chi connectivity index (χ2n) is 4.31. The van der Waals surface area contributed by atoms with Gasteiger partial charge in [0, 0.05) is 6.42 Å². The van der Waals surface area contributed by atoms with Crippen molar-refractivity contribution in [1.29, 1.82) is 0 Å². The van der Waals surface area contributed by atoms with E-state index in [0.29, 0.717) is 25.2 Å². The average molecular weight is 225 g/mol. The lowest BCUT2D eigenvalue weighted by Gasteiger charge is -2.13. The van der Waals surface area contributed by atoms with Gasteiger partial charge in [0.25, 0.3) is 0 Å². The van der Waals surface area contributed by atoms with Crippen LogP contribution in [0.2, 0.25) is 0 Å². The lowest BCUT2D eigenvalue weighted by Crippen LogP contribution is -2.40. The van der Waals surface area contributed by atoms with Crippen LogP contribution in [0, 0.1) is 5.92 Å². The number of carbonyl (C=O) groups excluding carboxylic acids is 1. The van der Waals surface area contributed by atoms with Gasteiger partial charge in [-0.1, -0.05) is 18.9 Å². The maximum absolute atomic E-state index is 11.5. The molecule has 16 heavy (non-hydrogen) atoms. The Morgan fingerprint density at radius 1 is 1.50 bits per heavy atom. The second kappa shape index (κ2) is 6.30. The Morgan fingerprint density at radius 3 is 2.69 bits per heavy atom. The highest BCUT2D eigenvalue weighted by atomic mass is 16.4. The number of carboxylic acid groups (broad SMARTS) is 1. The molecule has 0 radical (unpaired) electrons. The highest BCUT2D eigenvalue weighted by Gasteiger charge is 2.23. The van der Waals surface area contributed by atoms with Crippen molar-refractivity contribution in [3.63, 3.8) is 0 Å². The first kappa shape index (κ1) is 12.7. The highest BCUT2D eigenvalue weighted by molar-refractivity contribution is 5.83. The molecule has 0 aliphatic heterocycles. The van der Waals surface area contributed by atoms with Crippen molar-refractivity contribution in [1.82, 2.24) is 5.32 Å². The molecule has 1 amide bonds. The van der Waals surface area contributed by atoms with Crippen LogP contribution in [0.15, 0.2) is 12.7 Å². The van der Waals surface area contributed by atoms with E-state index in [1.165, 1.54) is 12.8 Å². The van der Waals surface area contributed by atoms with Crippen LogP contribution in [0.25, 0.3) is 0 Å². The van der Waals surface area contributed by atoms with Gasteiger partial charge in [0.15, 0.2) is 0 Å². The Balaban J connectivity index is 2.24. The second-order valence-corrected chi connectivity index (χ2v) is 4.31. The zero-order valence-corrected chi connectivity index (χ0v) is 9.45. The molecule has 0 spiro atoms. The molecule has 0 heterocycles. The maximum atomic E-state index is 11.5. The summed E-state index contributed by atoms with van der Waals surface area (Å²) in [6.45, 7) is 3.53. The fourth-order valence-electron chi connectivity index (χ4n) is 1.55. The van der Waals surface area contributed by atoms with Crippen molar-refractivity contribution in [2.75, 3.05) is 0 Å². The summed E-state index contributed by atoms with van der Waals surface area (Å²) in [6, 6.07) is -0.773. The number of nitrogens with one attached hydrogen (secondary N) is 1. The van der Waals surface area contributed by atoms with Gasteiger partial charge in [0.05, 0.1) is 0 Å². The Bertz CT molecular complexity index is 271. The third-order valence-corrected chi connectivity index (χ3v) is 2.77. The van der Waals surface area contributed by atoms with Crippen molar-refractivity contribution in [3.05, 3.63) is 12.7 Å². The fraction of sp³-hybridized carbons (Fsp3) is 0.667. The average Bonchev–Trinajstić information content (AvgIpc) is 3.04. The van der Waals surface area contributed by atoms with Crippen LogP contribution in [0.5, 0.6) is 0 Å². The number of carboxylic acids is 1. The Labute approximate surface area is 95.7 Å². The molecule has 90 valence electrons. The van der Waals surface area contributed by atoms with Crippen LogP contribution in [-0.4, -0.2) is 23.0 Å². The normalized spacial score (nSPS) is 16.5. The molecular formula is C12H19NO3. The van der Waals surface area contributed by atoms with Crippen molar-refractivity contribution in [2.45, 2.75) is 44.6 Å². The number of amides is 1. The van der Waals surface area contributed by atoms with Crippen molar-refractivity contribution >= 4 is 11.9 Å². The van der Waals surface area contributed by atoms with E-state index >= 15 is 0 Å². The summed E-state index contributed by atoms with van der Waals surface area (Å²) in [5.41, 5.74) is 0. The number of hydrogen-bond acceptors (Lipinski definition) is 2. The van der Waals surface area contributed by atoms with Crippen LogP contribution in [0.3, 0.4) is 0 Å². The van der Waals surface area contributed by atoms with Gasteiger partial charge >= 0.3 is 5.97 Å². The number of rotatable bonds is 8. The summed E-state index contributed by atoms with van der Waals surface area (Å²) in [7, 11) is 0. The minimum absolute atomic E-state index is 0.150. The third-order valence-electron chi connectivity index (χ3n) is 2.77. The molecule has 0 aromatic rings. The van der Waals surface area contributed by atoms with E-state index in [-0.39, 0.29) is 5.91 Å². The van der Waals surface area contributed by atoms with Gasteiger partial charge in [-0.25, -0.2) is 4.79 Å².